The van der Waals surface area contributed by atoms with Gasteiger partial charge in [0.1, 0.15) is 0 Å². The lowest BCUT2D eigenvalue weighted by Gasteiger charge is -2.08. The van der Waals surface area contributed by atoms with Gasteiger partial charge in [0.15, 0.2) is 0 Å². The van der Waals surface area contributed by atoms with E-state index in [9.17, 15) is 4.79 Å². The van der Waals surface area contributed by atoms with Crippen molar-refractivity contribution in [1.29, 1.82) is 0 Å². The predicted octanol–water partition coefficient (Wildman–Crippen LogP) is 2.54. The maximum Gasteiger partial charge on any atom is 0.238 e. The molecule has 1 heterocycles. The van der Waals surface area contributed by atoms with Crippen molar-refractivity contribution in [3.8, 4) is 0 Å². The summed E-state index contributed by atoms with van der Waals surface area (Å²) in [4.78, 5) is 16.1. The van der Waals surface area contributed by atoms with Crippen LogP contribution in [0, 0.1) is 6.92 Å². The number of rotatable bonds is 4. The number of thiazole rings is 1. The molecule has 0 aliphatic heterocycles. The number of carbonyl (C=O) groups is 1. The molecule has 0 saturated carbocycles. The third-order valence-corrected chi connectivity index (χ3v) is 3.38. The minimum atomic E-state index is -0.0238. The molecule has 0 aliphatic rings. The van der Waals surface area contributed by atoms with Gasteiger partial charge in [-0.15, -0.1) is 11.3 Å². The molecule has 0 aliphatic carbocycles. The van der Waals surface area contributed by atoms with Gasteiger partial charge in [-0.25, -0.2) is 4.98 Å². The maximum absolute atomic E-state index is 11.7. The van der Waals surface area contributed by atoms with E-state index in [-0.39, 0.29) is 5.91 Å². The largest absolute Gasteiger partial charge is 0.325 e. The first-order chi connectivity index (χ1) is 8.54. The molecular formula is C13H17N3OS. The Labute approximate surface area is 110 Å². The zero-order chi connectivity index (χ0) is 13.1. The smallest absolute Gasteiger partial charge is 0.238 e. The number of benzene rings is 1. The number of hydrogen-bond acceptors (Lipinski definition) is 4. The number of anilines is 1. The van der Waals surface area contributed by atoms with Crippen LogP contribution < -0.4 is 10.6 Å². The van der Waals surface area contributed by atoms with Crippen LogP contribution in [-0.2, 0) is 4.79 Å². The Balaban J connectivity index is 2.05. The van der Waals surface area contributed by atoms with E-state index in [4.69, 9.17) is 0 Å². The van der Waals surface area contributed by atoms with Gasteiger partial charge >= 0.3 is 0 Å². The second-order valence-corrected chi connectivity index (χ2v) is 5.73. The van der Waals surface area contributed by atoms with Crippen LogP contribution in [-0.4, -0.2) is 23.5 Å². The predicted molar refractivity (Wildman–Crippen MR) is 76.1 cm³/mol. The van der Waals surface area contributed by atoms with Crippen LogP contribution in [0.25, 0.3) is 10.2 Å². The second kappa shape index (κ2) is 5.46. The van der Waals surface area contributed by atoms with E-state index in [1.807, 2.05) is 39.0 Å². The van der Waals surface area contributed by atoms with E-state index >= 15 is 0 Å². The molecule has 4 nitrogen and oxygen atoms in total. The molecule has 1 amide bonds. The maximum atomic E-state index is 11.7. The van der Waals surface area contributed by atoms with Crippen LogP contribution in [0.2, 0.25) is 0 Å². The number of nitrogens with one attached hydrogen (secondary N) is 2. The van der Waals surface area contributed by atoms with E-state index in [0.717, 1.165) is 20.9 Å². The Kier molecular flexibility index (Phi) is 3.93. The average molecular weight is 263 g/mol. The van der Waals surface area contributed by atoms with Crippen molar-refractivity contribution in [1.82, 2.24) is 10.3 Å². The van der Waals surface area contributed by atoms with E-state index in [1.54, 1.807) is 11.3 Å². The molecule has 0 bridgehead atoms. The summed E-state index contributed by atoms with van der Waals surface area (Å²) in [6.07, 6.45) is 0. The highest BCUT2D eigenvalue weighted by Gasteiger charge is 2.05. The standard InChI is InChI=1S/C13H17N3OS/c1-8(2)14-7-13(17)16-10-4-5-11-12(6-10)18-9(3)15-11/h4-6,8,14H,7H2,1-3H3,(H,16,17). The first kappa shape index (κ1) is 13.0. The van der Waals surface area contributed by atoms with Crippen molar-refractivity contribution < 1.29 is 4.79 Å². The molecule has 2 aromatic rings. The molecule has 0 fully saturated rings. The summed E-state index contributed by atoms with van der Waals surface area (Å²) in [5.41, 5.74) is 1.80. The van der Waals surface area contributed by atoms with Gasteiger partial charge in [0.05, 0.1) is 21.8 Å². The Morgan fingerprint density at radius 2 is 2.22 bits per heavy atom. The van der Waals surface area contributed by atoms with Crippen molar-refractivity contribution in [2.75, 3.05) is 11.9 Å². The Hall–Kier alpha value is -1.46. The molecule has 1 aromatic heterocycles. The van der Waals surface area contributed by atoms with Crippen molar-refractivity contribution in [2.24, 2.45) is 0 Å². The minimum absolute atomic E-state index is 0.0238. The summed E-state index contributed by atoms with van der Waals surface area (Å²) in [5, 5.41) is 7.00. The number of hydrogen-bond donors (Lipinski definition) is 2. The highest BCUT2D eigenvalue weighted by molar-refractivity contribution is 7.18. The summed E-state index contributed by atoms with van der Waals surface area (Å²) >= 11 is 1.63. The summed E-state index contributed by atoms with van der Waals surface area (Å²) in [7, 11) is 0. The van der Waals surface area contributed by atoms with Gasteiger partial charge in [0.25, 0.3) is 0 Å². The fourth-order valence-electron chi connectivity index (χ4n) is 1.62. The molecule has 0 saturated heterocycles. The van der Waals surface area contributed by atoms with Gasteiger partial charge in [-0.2, -0.15) is 0 Å². The molecule has 18 heavy (non-hydrogen) atoms. The molecular weight excluding hydrogens is 246 g/mol. The Bertz CT molecular complexity index is 562. The molecule has 0 atom stereocenters. The third kappa shape index (κ3) is 3.27. The van der Waals surface area contributed by atoms with Crippen LogP contribution in [0.4, 0.5) is 5.69 Å². The van der Waals surface area contributed by atoms with Gasteiger partial charge < -0.3 is 10.6 Å². The lowest BCUT2D eigenvalue weighted by atomic mass is 10.3. The Morgan fingerprint density at radius 3 is 2.94 bits per heavy atom. The van der Waals surface area contributed by atoms with Gasteiger partial charge in [-0.1, -0.05) is 13.8 Å². The zero-order valence-corrected chi connectivity index (χ0v) is 11.6. The number of amides is 1. The molecule has 2 N–H and O–H groups in total. The van der Waals surface area contributed by atoms with E-state index in [0.29, 0.717) is 12.6 Å². The Morgan fingerprint density at radius 1 is 1.44 bits per heavy atom. The summed E-state index contributed by atoms with van der Waals surface area (Å²) < 4.78 is 1.10. The van der Waals surface area contributed by atoms with Gasteiger partial charge in [-0.05, 0) is 25.1 Å². The van der Waals surface area contributed by atoms with Crippen LogP contribution in [0.5, 0.6) is 0 Å². The van der Waals surface area contributed by atoms with Gasteiger partial charge in [0, 0.05) is 11.7 Å². The third-order valence-electron chi connectivity index (χ3n) is 2.45. The zero-order valence-electron chi connectivity index (χ0n) is 10.8. The lowest BCUT2D eigenvalue weighted by Crippen LogP contribution is -2.32. The van der Waals surface area contributed by atoms with E-state index < -0.39 is 0 Å². The van der Waals surface area contributed by atoms with Crippen LogP contribution in [0.3, 0.4) is 0 Å². The van der Waals surface area contributed by atoms with Crippen molar-refractivity contribution in [3.05, 3.63) is 23.2 Å². The molecule has 0 spiro atoms. The van der Waals surface area contributed by atoms with E-state index in [1.165, 1.54) is 0 Å². The van der Waals surface area contributed by atoms with Gasteiger partial charge in [-0.3, -0.25) is 4.79 Å². The fourth-order valence-corrected chi connectivity index (χ4v) is 2.49. The topological polar surface area (TPSA) is 54.0 Å². The quantitative estimate of drug-likeness (QED) is 0.891. The van der Waals surface area contributed by atoms with E-state index in [2.05, 4.69) is 15.6 Å². The summed E-state index contributed by atoms with van der Waals surface area (Å²) in [6.45, 7) is 6.34. The number of fused-ring (bicyclic) bond motifs is 1. The average Bonchev–Trinajstić information content (AvgIpc) is 2.66. The highest BCUT2D eigenvalue weighted by atomic mass is 32.1. The summed E-state index contributed by atoms with van der Waals surface area (Å²) in [5.74, 6) is -0.0238. The lowest BCUT2D eigenvalue weighted by molar-refractivity contribution is -0.115. The second-order valence-electron chi connectivity index (χ2n) is 4.50. The number of nitrogens with zero attached hydrogens (tertiary/aromatic N) is 1. The highest BCUT2D eigenvalue weighted by Crippen LogP contribution is 2.24. The van der Waals surface area contributed by atoms with Crippen LogP contribution in [0.1, 0.15) is 18.9 Å². The van der Waals surface area contributed by atoms with Crippen molar-refractivity contribution in [2.45, 2.75) is 26.8 Å². The molecule has 0 unspecified atom stereocenters. The van der Waals surface area contributed by atoms with Crippen molar-refractivity contribution in [3.63, 3.8) is 0 Å². The SMILES string of the molecule is Cc1nc2ccc(NC(=O)CNC(C)C)cc2s1. The normalized spacial score (nSPS) is 11.1. The monoisotopic (exact) mass is 263 g/mol. The molecule has 0 radical (unpaired) electrons. The molecule has 2 rings (SSSR count). The fraction of sp³-hybridized carbons (Fsp3) is 0.385. The minimum Gasteiger partial charge on any atom is -0.325 e. The van der Waals surface area contributed by atoms with Crippen LogP contribution >= 0.6 is 11.3 Å². The molecule has 1 aromatic carbocycles. The van der Waals surface area contributed by atoms with Gasteiger partial charge in [0.2, 0.25) is 5.91 Å². The number of aromatic nitrogens is 1. The first-order valence-corrected chi connectivity index (χ1v) is 6.76. The number of carbonyl (C=O) groups excluding carboxylic acids is 1. The molecule has 96 valence electrons. The molecule has 5 heteroatoms. The summed E-state index contributed by atoms with van der Waals surface area (Å²) in [6, 6.07) is 6.09. The first-order valence-electron chi connectivity index (χ1n) is 5.95. The van der Waals surface area contributed by atoms with Crippen molar-refractivity contribution >= 4 is 33.1 Å². The number of aryl methyl sites for hydroxylation is 1. The van der Waals surface area contributed by atoms with Crippen LogP contribution in [0.15, 0.2) is 18.2 Å².